The van der Waals surface area contributed by atoms with E-state index in [0.717, 1.165) is 29.4 Å². The molecule has 0 saturated heterocycles. The van der Waals surface area contributed by atoms with Gasteiger partial charge in [-0.3, -0.25) is 86.9 Å². The fraction of sp³-hybridized carbons (Fsp3) is 0.194. The molecule has 6 aliphatic heterocycles. The van der Waals surface area contributed by atoms with Crippen LogP contribution in [0.15, 0.2) is 24.3 Å². The molecule has 0 fully saturated rings. The van der Waals surface area contributed by atoms with Crippen LogP contribution in [0.1, 0.15) is 188 Å². The van der Waals surface area contributed by atoms with Crippen LogP contribution in [0.4, 0.5) is 22.7 Å². The van der Waals surface area contributed by atoms with Gasteiger partial charge in [0.15, 0.2) is 0 Å². The third kappa shape index (κ3) is 7.31. The summed E-state index contributed by atoms with van der Waals surface area (Å²) in [4.78, 5) is 175. The number of hydrogen-bond donors (Lipinski definition) is 0. The minimum Gasteiger partial charge on any atom is -0.276 e. The van der Waals surface area contributed by atoms with Crippen LogP contribution < -0.4 is 0 Å². The molecule has 424 valence electrons. The molecule has 26 heteroatoms. The smallest absolute Gasteiger partial charge is 0.262 e. The third-order valence-corrected chi connectivity index (χ3v) is 15.9. The number of benzene rings is 6. The summed E-state index contributed by atoms with van der Waals surface area (Å²) >= 11 is 0. The maximum Gasteiger partial charge on any atom is 0.262 e. The highest BCUT2D eigenvalue weighted by Gasteiger charge is 2.48. The third-order valence-electron chi connectivity index (χ3n) is 15.9. The van der Waals surface area contributed by atoms with E-state index in [1.807, 2.05) is 12.1 Å². The first-order chi connectivity index (χ1) is 42.1. The number of amides is 12. The molecule has 0 N–H and O–H groups in total. The van der Waals surface area contributed by atoms with Crippen molar-refractivity contribution in [3.8, 4) is 24.3 Å². The molecule has 12 amide bonds. The van der Waals surface area contributed by atoms with Crippen molar-refractivity contribution in [1.29, 1.82) is 21.0 Å². The van der Waals surface area contributed by atoms with Crippen LogP contribution in [0.25, 0.3) is 51.7 Å². The van der Waals surface area contributed by atoms with Crippen LogP contribution in [0.2, 0.25) is 0 Å². The van der Waals surface area contributed by atoms with Gasteiger partial charge in [-0.15, -0.1) is 0 Å². The van der Waals surface area contributed by atoms with Crippen molar-refractivity contribution in [3.05, 3.63) is 159 Å². The van der Waals surface area contributed by atoms with Gasteiger partial charge < -0.3 is 0 Å². The largest absolute Gasteiger partial charge is 0.276 e. The van der Waals surface area contributed by atoms with E-state index in [1.165, 1.54) is 38.1 Å². The van der Waals surface area contributed by atoms with Crippen molar-refractivity contribution in [2.24, 2.45) is 0 Å². The van der Waals surface area contributed by atoms with Gasteiger partial charge in [-0.2, -0.15) is 21.0 Å². The Kier molecular flexibility index (Phi) is 13.8. The molecule has 0 radical (unpaired) electrons. The van der Waals surface area contributed by atoms with Crippen LogP contribution in [-0.2, 0) is 0 Å². The second-order valence-corrected chi connectivity index (χ2v) is 19.5. The molecule has 0 bridgehead atoms. The molecule has 6 aliphatic rings. The molecule has 88 heavy (non-hydrogen) atoms. The van der Waals surface area contributed by atoms with Gasteiger partial charge in [-0.1, -0.05) is 0 Å². The first-order valence-electron chi connectivity index (χ1n) is 26.5. The Labute approximate surface area is 496 Å². The van der Waals surface area contributed by atoms with Gasteiger partial charge in [0.2, 0.25) is 34.6 Å². The maximum atomic E-state index is 13.2. The number of nitrogens with zero attached hydrogens (tertiary/aromatic N) is 14. The Bertz CT molecular complexity index is 4590. The van der Waals surface area contributed by atoms with Crippen LogP contribution >= 0.6 is 0 Å². The Hall–Kier alpha value is -13.1. The van der Waals surface area contributed by atoms with Crippen LogP contribution in [-0.4, -0.2) is 140 Å². The predicted octanol–water partition coefficient (Wildman–Crippen LogP) is 7.90. The average Bonchev–Trinajstić information content (AvgIpc) is 0.733. The molecular weight excluding hydrogens is 1130 g/mol. The van der Waals surface area contributed by atoms with Gasteiger partial charge >= 0.3 is 0 Å². The van der Waals surface area contributed by atoms with E-state index in [1.54, 1.807) is 39.8 Å². The van der Waals surface area contributed by atoms with Crippen molar-refractivity contribution >= 4 is 126 Å². The van der Waals surface area contributed by atoms with Crippen LogP contribution in [0.5, 0.6) is 0 Å². The Morgan fingerprint density at radius 3 is 0.886 bits per heavy atom. The van der Waals surface area contributed by atoms with Gasteiger partial charge in [0.1, 0.15) is 24.3 Å². The van der Waals surface area contributed by atoms with E-state index >= 15 is 0 Å². The molecule has 0 aromatic heterocycles. The van der Waals surface area contributed by atoms with Crippen molar-refractivity contribution < 1.29 is 57.5 Å². The van der Waals surface area contributed by atoms with Gasteiger partial charge in [0.05, 0.1) is 81.9 Å². The predicted molar refractivity (Wildman–Crippen MR) is 302 cm³/mol. The van der Waals surface area contributed by atoms with Crippen molar-refractivity contribution in [1.82, 2.24) is 29.4 Å². The first-order valence-corrected chi connectivity index (χ1v) is 26.5. The zero-order valence-corrected chi connectivity index (χ0v) is 46.7. The highest BCUT2D eigenvalue weighted by Crippen LogP contribution is 2.51. The Balaban J connectivity index is 0.000000146. The van der Waals surface area contributed by atoms with Crippen molar-refractivity contribution in [2.45, 2.75) is 41.5 Å². The fourth-order valence-electron chi connectivity index (χ4n) is 12.1. The molecule has 0 atom stereocenters. The summed E-state index contributed by atoms with van der Waals surface area (Å²) in [6, 6.07) is 12.5. The lowest BCUT2D eigenvalue weighted by molar-refractivity contribution is 0.0598. The lowest BCUT2D eigenvalue weighted by Gasteiger charge is -2.33. The van der Waals surface area contributed by atoms with Gasteiger partial charge in [-0.05, 0) is 87.4 Å². The maximum absolute atomic E-state index is 13.2. The minimum atomic E-state index is -0.875. The summed E-state index contributed by atoms with van der Waals surface area (Å²) in [5, 5.41) is 38.8. The summed E-state index contributed by atoms with van der Waals surface area (Å²) in [7, 11) is 0. The molecule has 26 nitrogen and oxygen atoms in total. The minimum absolute atomic E-state index is 0.0125. The monoisotopic (exact) mass is 1170 g/mol. The van der Waals surface area contributed by atoms with Crippen molar-refractivity contribution in [2.75, 3.05) is 39.3 Å². The summed E-state index contributed by atoms with van der Waals surface area (Å²) in [5.41, 5.74) is -3.11. The molecule has 6 aromatic rings. The molecule has 0 unspecified atom stereocenters. The molecule has 0 saturated carbocycles. The average molecular weight is 1170 g/mol. The first kappa shape index (κ1) is 58.1. The lowest BCUT2D eigenvalue weighted by atomic mass is 9.79. The number of carbonyl (C=O) groups is 12. The fourth-order valence-corrected chi connectivity index (χ4v) is 12.1. The van der Waals surface area contributed by atoms with E-state index in [9.17, 15) is 78.6 Å². The summed E-state index contributed by atoms with van der Waals surface area (Å²) in [6.45, 7) is 39.8. The summed E-state index contributed by atoms with van der Waals surface area (Å²) in [6.07, 6.45) is 0. The standard InChI is InChI=1S/C22H10N6O4.2C20H12N4O4/c1-5-27-19(29)11-9(7-23)10(8-24)12-14-13(11)15(21(27)31)17(25-3)18(26-4)16(14)22(32)28(6-2)20(12)30;1-4-23-18(26)11-7-12(22-3)16-15-10(17(25)24(5-2)20(16)28)6-9(8-21)13(14(11)15)19(23)27;1-4-23-17(25)10-6-9(8-21)13-16-14(10)11(18(23)26)7-12(22-3)15(16)20(28)24(5-2)19(13)27/h5-6H2,1-2H3;2*6-7H,4-5H2,1-2H3. The molecular formula is C62H34N14O12. The van der Waals surface area contributed by atoms with Crippen LogP contribution in [0.3, 0.4) is 0 Å². The second-order valence-electron chi connectivity index (χ2n) is 19.5. The zero-order valence-electron chi connectivity index (χ0n) is 46.7. The molecule has 0 spiro atoms. The van der Waals surface area contributed by atoms with Gasteiger partial charge in [0.25, 0.3) is 59.1 Å². The van der Waals surface area contributed by atoms with Crippen LogP contribution in [0, 0.1) is 71.6 Å². The Morgan fingerprint density at radius 1 is 0.307 bits per heavy atom. The quantitative estimate of drug-likeness (QED) is 0.113. The van der Waals surface area contributed by atoms with E-state index in [2.05, 4.69) is 19.4 Å². The summed E-state index contributed by atoms with van der Waals surface area (Å²) in [5.74, 6) is -8.55. The van der Waals surface area contributed by atoms with Crippen molar-refractivity contribution in [3.63, 3.8) is 0 Å². The highest BCUT2D eigenvalue weighted by molar-refractivity contribution is 6.40. The normalized spacial score (nSPS) is 14.8. The van der Waals surface area contributed by atoms with Gasteiger partial charge in [-0.25, -0.2) is 19.4 Å². The molecule has 12 rings (SSSR count). The molecule has 6 aromatic carbocycles. The second kappa shape index (κ2) is 20.9. The topological polar surface area (TPSA) is 337 Å². The number of carbonyl (C=O) groups excluding carboxylic acids is 12. The molecule has 6 heterocycles. The number of hydrogen-bond acceptors (Lipinski definition) is 16. The number of rotatable bonds is 6. The van der Waals surface area contributed by atoms with E-state index in [4.69, 9.17) is 26.3 Å². The summed E-state index contributed by atoms with van der Waals surface area (Å²) < 4.78 is 0. The molecule has 0 aliphatic carbocycles. The number of nitriles is 4. The Morgan fingerprint density at radius 2 is 0.557 bits per heavy atom. The van der Waals surface area contributed by atoms with E-state index < -0.39 is 93.4 Å². The SMILES string of the molecule is [C-]#[N+]c1c([N+]#[C-])c2c3c(c(C#N)c(C#N)c4c3c1C(=O)N(CC)C4=O)C(=O)N(CC)C2=O.[C-]#[N+]c1cc2c3c(c(C#N)cc4c3c1C(=O)N(CC)C4=O)C(=O)N(CC)C2=O.[C-]#[N+]c1cc2c3c(cc(C#N)c4c3c1C(=O)N(CC)C4=O)C(=O)N(CC)C2=O. The zero-order chi connectivity index (χ0) is 64.1. The van der Waals surface area contributed by atoms with E-state index in [0.29, 0.717) is 0 Å². The lowest BCUT2D eigenvalue weighted by Crippen LogP contribution is -2.44. The number of imide groups is 6. The van der Waals surface area contributed by atoms with Gasteiger partial charge in [0, 0.05) is 83.4 Å². The highest BCUT2D eigenvalue weighted by atomic mass is 16.2. The van der Waals surface area contributed by atoms with E-state index in [-0.39, 0.29) is 161 Å².